The molecule has 0 fully saturated rings. The number of aliphatic carboxylic acids is 1. The highest BCUT2D eigenvalue weighted by molar-refractivity contribution is 9.10. The number of aryl methyl sites for hydroxylation is 1. The molecule has 0 aliphatic heterocycles. The zero-order chi connectivity index (χ0) is 29.6. The van der Waals surface area contributed by atoms with Crippen LogP contribution in [0.5, 0.6) is 11.5 Å². The van der Waals surface area contributed by atoms with Crippen LogP contribution < -0.4 is 14.8 Å². The highest BCUT2D eigenvalue weighted by Crippen LogP contribution is 2.36. The molecule has 1 atom stereocenters. The average molecular weight is 653 g/mol. The number of aromatic nitrogens is 2. The summed E-state index contributed by atoms with van der Waals surface area (Å²) in [7, 11) is 0. The van der Waals surface area contributed by atoms with E-state index in [1.54, 1.807) is 18.2 Å². The van der Waals surface area contributed by atoms with E-state index in [0.29, 0.717) is 33.1 Å². The molecule has 0 radical (unpaired) electrons. The number of hydrogen-bond acceptors (Lipinski definition) is 8. The summed E-state index contributed by atoms with van der Waals surface area (Å²) >= 11 is 10.4. The van der Waals surface area contributed by atoms with Crippen molar-refractivity contribution in [3.8, 4) is 22.6 Å². The molecule has 42 heavy (non-hydrogen) atoms. The number of carboxylic acid groups (broad SMARTS) is 1. The number of carboxylic acids is 1. The van der Waals surface area contributed by atoms with E-state index >= 15 is 0 Å². The van der Waals surface area contributed by atoms with Gasteiger partial charge in [-0.2, -0.15) is 0 Å². The predicted octanol–water partition coefficient (Wildman–Crippen LogP) is 6.31. The van der Waals surface area contributed by atoms with Crippen molar-refractivity contribution < 1.29 is 29.1 Å². The van der Waals surface area contributed by atoms with Crippen molar-refractivity contribution in [1.29, 1.82) is 0 Å². The molecule has 1 aromatic heterocycles. The summed E-state index contributed by atoms with van der Waals surface area (Å²) in [4.78, 5) is 11.4. The molecule has 5 aromatic rings. The summed E-state index contributed by atoms with van der Waals surface area (Å²) in [6.45, 7) is 1.99. The van der Waals surface area contributed by atoms with Gasteiger partial charge in [0.25, 0.3) is 0 Å². The van der Waals surface area contributed by atoms with Crippen LogP contribution in [-0.2, 0) is 24.6 Å². The maximum Gasteiger partial charge on any atom is 0.323 e. The van der Waals surface area contributed by atoms with Crippen LogP contribution in [-0.4, -0.2) is 39.1 Å². The van der Waals surface area contributed by atoms with Gasteiger partial charge in [-0.15, -0.1) is 0 Å². The number of nitrogens with zero attached hydrogens (tertiary/aromatic N) is 2. The van der Waals surface area contributed by atoms with Crippen LogP contribution in [0.15, 0.2) is 81.9 Å². The Balaban J connectivity index is 1.39. The van der Waals surface area contributed by atoms with E-state index in [1.165, 1.54) is 5.56 Å². The van der Waals surface area contributed by atoms with Gasteiger partial charge < -0.3 is 19.7 Å². The summed E-state index contributed by atoms with van der Waals surface area (Å²) in [5, 5.41) is 29.6. The number of halogens is 2. The van der Waals surface area contributed by atoms with E-state index in [-0.39, 0.29) is 19.8 Å². The fourth-order valence-electron chi connectivity index (χ4n) is 4.38. The second kappa shape index (κ2) is 13.3. The summed E-state index contributed by atoms with van der Waals surface area (Å²) in [5.41, 5.74) is 6.89. The van der Waals surface area contributed by atoms with Crippen LogP contribution in [0.4, 0.5) is 0 Å². The van der Waals surface area contributed by atoms with Crippen molar-refractivity contribution >= 4 is 44.5 Å². The van der Waals surface area contributed by atoms with Crippen molar-refractivity contribution in [3.05, 3.63) is 105 Å². The molecular formula is C31H27BrClN3O6. The third-order valence-corrected chi connectivity index (χ3v) is 7.87. The van der Waals surface area contributed by atoms with Crippen molar-refractivity contribution in [2.75, 3.05) is 6.61 Å². The number of ether oxygens (including phenoxy) is 2. The van der Waals surface area contributed by atoms with Crippen LogP contribution in [0.1, 0.15) is 22.3 Å². The van der Waals surface area contributed by atoms with Gasteiger partial charge >= 0.3 is 5.97 Å². The van der Waals surface area contributed by atoms with Crippen molar-refractivity contribution in [1.82, 2.24) is 15.6 Å². The molecule has 0 unspecified atom stereocenters. The van der Waals surface area contributed by atoms with Gasteiger partial charge in [-0.05, 0) is 68.1 Å². The van der Waals surface area contributed by atoms with E-state index in [2.05, 4.69) is 56.7 Å². The Morgan fingerprint density at radius 2 is 1.76 bits per heavy atom. The Kier molecular flexibility index (Phi) is 9.38. The Bertz CT molecular complexity index is 1730. The molecule has 0 amide bonds. The second-order valence-corrected chi connectivity index (χ2v) is 10.9. The lowest BCUT2D eigenvalue weighted by atomic mass is 10.0. The first-order valence-electron chi connectivity index (χ1n) is 13.0. The van der Waals surface area contributed by atoms with Gasteiger partial charge in [0.15, 0.2) is 0 Å². The Labute approximate surface area is 255 Å². The molecule has 4 aromatic carbocycles. The number of fused-ring (bicyclic) bond motifs is 1. The number of aliphatic hydroxyl groups is 1. The first-order chi connectivity index (χ1) is 20.3. The number of nitrogens with one attached hydrogen (secondary N) is 1. The van der Waals surface area contributed by atoms with Gasteiger partial charge in [0.05, 0.1) is 11.6 Å². The molecule has 0 aliphatic rings. The van der Waals surface area contributed by atoms with Crippen LogP contribution in [0.2, 0.25) is 5.02 Å². The monoisotopic (exact) mass is 651 g/mol. The molecule has 11 heteroatoms. The van der Waals surface area contributed by atoms with E-state index in [9.17, 15) is 15.0 Å². The Morgan fingerprint density at radius 3 is 2.55 bits per heavy atom. The van der Waals surface area contributed by atoms with Gasteiger partial charge in [-0.25, -0.2) is 4.63 Å². The molecule has 0 saturated heterocycles. The third-order valence-electron chi connectivity index (χ3n) is 6.64. The molecular weight excluding hydrogens is 626 g/mol. The summed E-state index contributed by atoms with van der Waals surface area (Å²) < 4.78 is 18.0. The molecule has 0 aliphatic carbocycles. The third kappa shape index (κ3) is 6.91. The fourth-order valence-corrected chi connectivity index (χ4v) is 5.23. The van der Waals surface area contributed by atoms with Crippen molar-refractivity contribution in [2.24, 2.45) is 0 Å². The van der Waals surface area contributed by atoms with E-state index in [1.807, 2.05) is 36.4 Å². The van der Waals surface area contributed by atoms with Crippen LogP contribution in [0.3, 0.4) is 0 Å². The van der Waals surface area contributed by atoms with Crippen LogP contribution in [0, 0.1) is 6.92 Å². The minimum Gasteiger partial charge on any atom is -0.488 e. The smallest absolute Gasteiger partial charge is 0.323 e. The first-order valence-corrected chi connectivity index (χ1v) is 14.2. The molecule has 0 bridgehead atoms. The van der Waals surface area contributed by atoms with Crippen LogP contribution >= 0.6 is 27.5 Å². The topological polar surface area (TPSA) is 127 Å². The number of carbonyl (C=O) groups is 1. The SMILES string of the molecule is Cc1cccc(-c2cccc(COc3cc(OCc4ccc5nonc5c4)c(CN[C@H](CO)C(=O)O)cc3Cl)c2Br)c1. The number of hydrogen-bond donors (Lipinski definition) is 3. The lowest BCUT2D eigenvalue weighted by Crippen LogP contribution is -2.39. The predicted molar refractivity (Wildman–Crippen MR) is 162 cm³/mol. The molecule has 0 saturated carbocycles. The molecule has 5 rings (SSSR count). The van der Waals surface area contributed by atoms with E-state index in [4.69, 9.17) is 25.7 Å². The Hall–Kier alpha value is -3.96. The largest absolute Gasteiger partial charge is 0.488 e. The highest BCUT2D eigenvalue weighted by Gasteiger charge is 2.18. The zero-order valence-corrected chi connectivity index (χ0v) is 24.9. The van der Waals surface area contributed by atoms with Gasteiger partial charge in [0, 0.05) is 28.2 Å². The van der Waals surface area contributed by atoms with E-state index in [0.717, 1.165) is 26.7 Å². The standard InChI is InChI=1S/C31H27BrClN3O6/c1-18-4-2-5-20(10-18)23-7-3-6-21(30(23)32)17-41-29-13-28(22(12-24(29)33)14-34-27(15-37)31(38)39)40-16-19-8-9-25-26(11-19)36-42-35-25/h2-13,27,34,37H,14-17H2,1H3,(H,38,39)/t27-/m1/s1. The highest BCUT2D eigenvalue weighted by atomic mass is 79.9. The minimum absolute atomic E-state index is 0.0865. The first kappa shape index (κ1) is 29.5. The Morgan fingerprint density at radius 1 is 0.976 bits per heavy atom. The average Bonchev–Trinajstić information content (AvgIpc) is 3.45. The molecule has 216 valence electrons. The normalized spacial score (nSPS) is 11.9. The molecule has 9 nitrogen and oxygen atoms in total. The van der Waals surface area contributed by atoms with Crippen molar-refractivity contribution in [2.45, 2.75) is 32.7 Å². The summed E-state index contributed by atoms with van der Waals surface area (Å²) in [6, 6.07) is 21.9. The van der Waals surface area contributed by atoms with Gasteiger partial charge in [-0.1, -0.05) is 65.7 Å². The lowest BCUT2D eigenvalue weighted by molar-refractivity contribution is -0.140. The number of rotatable bonds is 12. The summed E-state index contributed by atoms with van der Waals surface area (Å²) in [6.07, 6.45) is 0. The summed E-state index contributed by atoms with van der Waals surface area (Å²) in [5.74, 6) is -0.328. The molecule has 1 heterocycles. The lowest BCUT2D eigenvalue weighted by Gasteiger charge is -2.18. The number of benzene rings is 4. The van der Waals surface area contributed by atoms with Gasteiger partial charge in [-0.3, -0.25) is 10.1 Å². The molecule has 3 N–H and O–H groups in total. The fraction of sp³-hybridized carbons (Fsp3) is 0.194. The van der Waals surface area contributed by atoms with Gasteiger partial charge in [0.1, 0.15) is 41.8 Å². The molecule has 0 spiro atoms. The van der Waals surface area contributed by atoms with E-state index < -0.39 is 18.6 Å². The van der Waals surface area contributed by atoms with Gasteiger partial charge in [0.2, 0.25) is 0 Å². The van der Waals surface area contributed by atoms with Crippen molar-refractivity contribution in [3.63, 3.8) is 0 Å². The minimum atomic E-state index is -1.17. The maximum atomic E-state index is 11.4. The zero-order valence-electron chi connectivity index (χ0n) is 22.5. The maximum absolute atomic E-state index is 11.4. The number of aliphatic hydroxyl groups excluding tert-OH is 1. The second-order valence-electron chi connectivity index (χ2n) is 9.66. The quantitative estimate of drug-likeness (QED) is 0.142. The van der Waals surface area contributed by atoms with Crippen LogP contribution in [0.25, 0.3) is 22.2 Å².